The molecule has 136 valence electrons. The van der Waals surface area contributed by atoms with E-state index in [1.54, 1.807) is 14.2 Å². The molecule has 1 heterocycles. The lowest BCUT2D eigenvalue weighted by Crippen LogP contribution is -2.38. The first-order valence-corrected chi connectivity index (χ1v) is 8.69. The van der Waals surface area contributed by atoms with Crippen LogP contribution in [0.15, 0.2) is 53.5 Å². The molecule has 0 bridgehead atoms. The van der Waals surface area contributed by atoms with Crippen LogP contribution in [0.5, 0.6) is 5.75 Å². The zero-order chi connectivity index (χ0) is 18.4. The lowest BCUT2D eigenvalue weighted by molar-refractivity contribution is 0.409. The number of aliphatic imine (C=N–C) groups is 1. The van der Waals surface area contributed by atoms with Crippen LogP contribution in [0.3, 0.4) is 0 Å². The molecule has 1 aromatic heterocycles. The van der Waals surface area contributed by atoms with E-state index < -0.39 is 0 Å². The smallest absolute Gasteiger partial charge is 0.191 e. The molecule has 6 heteroatoms. The van der Waals surface area contributed by atoms with Crippen molar-refractivity contribution in [2.75, 3.05) is 20.7 Å². The van der Waals surface area contributed by atoms with E-state index in [9.17, 15) is 0 Å². The molecule has 0 saturated heterocycles. The Morgan fingerprint density at radius 3 is 2.65 bits per heavy atom. The number of aromatic nitrogens is 2. The highest BCUT2D eigenvalue weighted by atomic mass is 16.5. The van der Waals surface area contributed by atoms with Gasteiger partial charge >= 0.3 is 0 Å². The molecule has 6 nitrogen and oxygen atoms in total. The quantitative estimate of drug-likeness (QED) is 0.529. The van der Waals surface area contributed by atoms with Crippen molar-refractivity contribution in [1.29, 1.82) is 0 Å². The van der Waals surface area contributed by atoms with Gasteiger partial charge in [-0.25, -0.2) is 4.98 Å². The standard InChI is InChI=1S/C20H25N5O/c1-21-20(22-13-12-15-8-4-7-11-18(15)26-3)23-14-19-24-16-9-5-6-10-17(16)25(19)2/h4-11H,12-14H2,1-3H3,(H2,21,22,23). The summed E-state index contributed by atoms with van der Waals surface area (Å²) in [6, 6.07) is 16.2. The highest BCUT2D eigenvalue weighted by Gasteiger charge is 2.08. The van der Waals surface area contributed by atoms with Crippen molar-refractivity contribution in [3.63, 3.8) is 0 Å². The largest absolute Gasteiger partial charge is 0.496 e. The van der Waals surface area contributed by atoms with E-state index in [1.807, 2.05) is 43.4 Å². The Labute approximate surface area is 153 Å². The van der Waals surface area contributed by atoms with Crippen LogP contribution in [0.2, 0.25) is 0 Å². The predicted octanol–water partition coefficient (Wildman–Crippen LogP) is 2.49. The number of para-hydroxylation sites is 3. The van der Waals surface area contributed by atoms with E-state index in [1.165, 1.54) is 5.56 Å². The average Bonchev–Trinajstić information content (AvgIpc) is 3.01. The number of hydrogen-bond acceptors (Lipinski definition) is 3. The number of guanidine groups is 1. The van der Waals surface area contributed by atoms with Crippen molar-refractivity contribution in [3.8, 4) is 5.75 Å². The van der Waals surface area contributed by atoms with Gasteiger partial charge in [0, 0.05) is 20.6 Å². The fourth-order valence-electron chi connectivity index (χ4n) is 2.96. The van der Waals surface area contributed by atoms with Gasteiger partial charge in [-0.05, 0) is 30.2 Å². The fourth-order valence-corrected chi connectivity index (χ4v) is 2.96. The Hall–Kier alpha value is -3.02. The molecule has 0 aliphatic rings. The van der Waals surface area contributed by atoms with Gasteiger partial charge in [0.15, 0.2) is 5.96 Å². The number of nitrogens with one attached hydrogen (secondary N) is 2. The number of methoxy groups -OCH3 is 1. The fraction of sp³-hybridized carbons (Fsp3) is 0.300. The molecule has 0 radical (unpaired) electrons. The predicted molar refractivity (Wildman–Crippen MR) is 106 cm³/mol. The average molecular weight is 351 g/mol. The first kappa shape index (κ1) is 17.8. The van der Waals surface area contributed by atoms with E-state index in [0.29, 0.717) is 6.54 Å². The molecule has 2 aromatic carbocycles. The van der Waals surface area contributed by atoms with Crippen LogP contribution >= 0.6 is 0 Å². The Balaban J connectivity index is 1.55. The summed E-state index contributed by atoms with van der Waals surface area (Å²) in [6.07, 6.45) is 0.858. The van der Waals surface area contributed by atoms with Crippen molar-refractivity contribution in [2.45, 2.75) is 13.0 Å². The van der Waals surface area contributed by atoms with Gasteiger partial charge in [0.2, 0.25) is 0 Å². The molecule has 0 fully saturated rings. The highest BCUT2D eigenvalue weighted by molar-refractivity contribution is 5.80. The zero-order valence-corrected chi connectivity index (χ0v) is 15.5. The van der Waals surface area contributed by atoms with Gasteiger partial charge in [0.05, 0.1) is 24.7 Å². The summed E-state index contributed by atoms with van der Waals surface area (Å²) in [5.41, 5.74) is 3.31. The molecule has 0 saturated carbocycles. The molecule has 3 aromatic rings. The van der Waals surface area contributed by atoms with Crippen molar-refractivity contribution >= 4 is 17.0 Å². The molecule has 0 spiro atoms. The number of ether oxygens (including phenoxy) is 1. The summed E-state index contributed by atoms with van der Waals surface area (Å²) in [5.74, 6) is 2.64. The van der Waals surface area contributed by atoms with Gasteiger partial charge in [-0.1, -0.05) is 30.3 Å². The van der Waals surface area contributed by atoms with Crippen LogP contribution in [-0.2, 0) is 20.0 Å². The van der Waals surface area contributed by atoms with E-state index >= 15 is 0 Å². The second kappa shape index (κ2) is 8.38. The number of fused-ring (bicyclic) bond motifs is 1. The molecular weight excluding hydrogens is 326 g/mol. The Morgan fingerprint density at radius 2 is 1.88 bits per heavy atom. The van der Waals surface area contributed by atoms with Gasteiger partial charge < -0.3 is 19.9 Å². The number of nitrogens with zero attached hydrogens (tertiary/aromatic N) is 3. The van der Waals surface area contributed by atoms with Crippen molar-refractivity contribution in [3.05, 3.63) is 59.9 Å². The van der Waals surface area contributed by atoms with Crippen LogP contribution in [0, 0.1) is 0 Å². The normalized spacial score (nSPS) is 11.6. The summed E-state index contributed by atoms with van der Waals surface area (Å²) in [7, 11) is 5.50. The maximum Gasteiger partial charge on any atom is 0.191 e. The number of aryl methyl sites for hydroxylation is 1. The van der Waals surface area contributed by atoms with Crippen LogP contribution in [0.1, 0.15) is 11.4 Å². The summed E-state index contributed by atoms with van der Waals surface area (Å²) >= 11 is 0. The van der Waals surface area contributed by atoms with E-state index in [0.717, 1.165) is 41.5 Å². The summed E-state index contributed by atoms with van der Waals surface area (Å²) in [6.45, 7) is 1.38. The molecular formula is C20H25N5O. The maximum absolute atomic E-state index is 5.39. The zero-order valence-electron chi connectivity index (χ0n) is 15.5. The Kier molecular flexibility index (Phi) is 5.73. The second-order valence-electron chi connectivity index (χ2n) is 5.99. The van der Waals surface area contributed by atoms with Crippen LogP contribution in [0.4, 0.5) is 0 Å². The van der Waals surface area contributed by atoms with E-state index in [2.05, 4.69) is 37.3 Å². The van der Waals surface area contributed by atoms with E-state index in [-0.39, 0.29) is 0 Å². The number of rotatable bonds is 6. The third-order valence-electron chi connectivity index (χ3n) is 4.40. The number of benzene rings is 2. The van der Waals surface area contributed by atoms with Crippen LogP contribution in [0.25, 0.3) is 11.0 Å². The summed E-state index contributed by atoms with van der Waals surface area (Å²) < 4.78 is 7.49. The van der Waals surface area contributed by atoms with Gasteiger partial charge in [-0.2, -0.15) is 0 Å². The molecule has 0 amide bonds. The monoisotopic (exact) mass is 351 g/mol. The van der Waals surface area contributed by atoms with Crippen molar-refractivity contribution in [1.82, 2.24) is 20.2 Å². The molecule has 0 aliphatic carbocycles. The summed E-state index contributed by atoms with van der Waals surface area (Å²) in [5, 5.41) is 6.67. The van der Waals surface area contributed by atoms with Gasteiger partial charge in [0.25, 0.3) is 0 Å². The topological polar surface area (TPSA) is 63.5 Å². The minimum Gasteiger partial charge on any atom is -0.496 e. The molecule has 2 N–H and O–H groups in total. The lowest BCUT2D eigenvalue weighted by atomic mass is 10.1. The number of hydrogen-bond donors (Lipinski definition) is 2. The van der Waals surface area contributed by atoms with Gasteiger partial charge in [-0.3, -0.25) is 4.99 Å². The lowest BCUT2D eigenvalue weighted by Gasteiger charge is -2.13. The third kappa shape index (κ3) is 3.96. The summed E-state index contributed by atoms with van der Waals surface area (Å²) in [4.78, 5) is 8.96. The van der Waals surface area contributed by atoms with Crippen LogP contribution in [-0.4, -0.2) is 36.2 Å². The Morgan fingerprint density at radius 1 is 1.12 bits per heavy atom. The molecule has 26 heavy (non-hydrogen) atoms. The minimum absolute atomic E-state index is 0.611. The molecule has 0 atom stereocenters. The van der Waals surface area contributed by atoms with Crippen LogP contribution < -0.4 is 15.4 Å². The number of imidazole rings is 1. The van der Waals surface area contributed by atoms with Crippen molar-refractivity contribution in [2.24, 2.45) is 12.0 Å². The third-order valence-corrected chi connectivity index (χ3v) is 4.40. The minimum atomic E-state index is 0.611. The van der Waals surface area contributed by atoms with Gasteiger partial charge in [0.1, 0.15) is 11.6 Å². The first-order chi connectivity index (χ1) is 12.7. The molecule has 0 unspecified atom stereocenters. The Bertz CT molecular complexity index is 900. The second-order valence-corrected chi connectivity index (χ2v) is 5.99. The SMILES string of the molecule is CN=C(NCCc1ccccc1OC)NCc1nc2ccccc2n1C. The highest BCUT2D eigenvalue weighted by Crippen LogP contribution is 2.17. The van der Waals surface area contributed by atoms with Gasteiger partial charge in [-0.15, -0.1) is 0 Å². The van der Waals surface area contributed by atoms with Crippen molar-refractivity contribution < 1.29 is 4.74 Å². The maximum atomic E-state index is 5.39. The molecule has 3 rings (SSSR count). The first-order valence-electron chi connectivity index (χ1n) is 8.69. The molecule has 0 aliphatic heterocycles. The van der Waals surface area contributed by atoms with E-state index in [4.69, 9.17) is 4.74 Å².